The molecule has 2 aromatic carbocycles. The first kappa shape index (κ1) is 12.0. The number of pyridine rings is 1. The summed E-state index contributed by atoms with van der Waals surface area (Å²) in [5.74, 6) is 0. The van der Waals surface area contributed by atoms with Crippen molar-refractivity contribution in [1.29, 1.82) is 0 Å². The molecule has 0 radical (unpaired) electrons. The van der Waals surface area contributed by atoms with Crippen molar-refractivity contribution in [3.05, 3.63) is 72.9 Å². The van der Waals surface area contributed by atoms with Crippen LogP contribution in [0, 0.1) is 0 Å². The van der Waals surface area contributed by atoms with E-state index in [0.717, 1.165) is 5.52 Å². The molecule has 3 aromatic rings. The van der Waals surface area contributed by atoms with Gasteiger partial charge >= 0.3 is 53.3 Å². The zero-order valence-electron chi connectivity index (χ0n) is 9.21. The molecule has 0 atom stereocenters. The van der Waals surface area contributed by atoms with E-state index < -0.39 is 0 Å². The number of para-hydroxylation sites is 1. The monoisotopic (exact) mass is 399 g/mol. The van der Waals surface area contributed by atoms with Crippen LogP contribution in [0.15, 0.2) is 72.9 Å². The second-order valence-electron chi connectivity index (χ2n) is 3.47. The van der Waals surface area contributed by atoms with Crippen molar-refractivity contribution in [2.45, 2.75) is 0 Å². The van der Waals surface area contributed by atoms with Crippen LogP contribution >= 0.6 is 0 Å². The number of rotatable bonds is 0. The van der Waals surface area contributed by atoms with Crippen LogP contribution in [0.25, 0.3) is 10.9 Å². The summed E-state index contributed by atoms with van der Waals surface area (Å²) in [5, 5.41) is 1.20. The smallest absolute Gasteiger partial charge is 0.0701 e. The summed E-state index contributed by atoms with van der Waals surface area (Å²) in [6.07, 6.45) is 1.81. The third-order valence-electron chi connectivity index (χ3n) is 2.23. The second kappa shape index (κ2) is 6.29. The van der Waals surface area contributed by atoms with Gasteiger partial charge in [-0.1, -0.05) is 24.3 Å². The Hall–Kier alpha value is -1.50. The molecule has 0 unspecified atom stereocenters. The van der Waals surface area contributed by atoms with Gasteiger partial charge in [0.15, 0.2) is 0 Å². The van der Waals surface area contributed by atoms with Crippen molar-refractivity contribution in [2.24, 2.45) is 0 Å². The van der Waals surface area contributed by atoms with E-state index in [1.165, 1.54) is 9.46 Å². The molecule has 0 fully saturated rings. The molecule has 0 aliphatic heterocycles. The molecular weight excluding hydrogens is 386 g/mol. The van der Waals surface area contributed by atoms with Gasteiger partial charge in [0.2, 0.25) is 0 Å². The number of benzene rings is 2. The van der Waals surface area contributed by atoms with Crippen LogP contribution in [0.1, 0.15) is 0 Å². The van der Waals surface area contributed by atoms with Gasteiger partial charge in [-0.2, -0.15) is 0 Å². The van der Waals surface area contributed by atoms with E-state index in [9.17, 15) is 0 Å². The Morgan fingerprint density at radius 3 is 2.00 bits per heavy atom. The fourth-order valence-corrected chi connectivity index (χ4v) is 1.88. The Kier molecular flexibility index (Phi) is 4.43. The molecule has 0 amide bonds. The molecule has 0 saturated heterocycles. The minimum atomic E-state index is 1.06. The average molecular weight is 398 g/mol. The van der Waals surface area contributed by atoms with Gasteiger partial charge in [0.05, 0.1) is 5.52 Å². The Bertz CT molecular complexity index is 513. The quantitative estimate of drug-likeness (QED) is 0.567. The molecule has 1 aromatic heterocycles. The molecule has 0 spiro atoms. The van der Waals surface area contributed by atoms with Gasteiger partial charge in [-0.3, -0.25) is 4.98 Å². The predicted molar refractivity (Wildman–Crippen MR) is 67.8 cm³/mol. The van der Waals surface area contributed by atoms with Crippen molar-refractivity contribution in [3.63, 3.8) is 0 Å². The average Bonchev–Trinajstić information content (AvgIpc) is 2.41. The van der Waals surface area contributed by atoms with Gasteiger partial charge in [-0.25, -0.2) is 0 Å². The van der Waals surface area contributed by atoms with Crippen LogP contribution in [-0.4, -0.2) is 4.98 Å². The fraction of sp³-hybridized carbons (Fsp3) is 0. The first-order valence-corrected chi connectivity index (χ1v) is 6.54. The maximum absolute atomic E-state index is 4.18. The molecule has 1 heterocycles. The molecule has 0 aliphatic carbocycles. The van der Waals surface area contributed by atoms with E-state index in [2.05, 4.69) is 48.1 Å². The molecule has 0 saturated carbocycles. The standard InChI is InChI=1S/C9H7N.C6H5.Ir/c1-2-6-9-8(4-1)5-3-7-10-9;1-2-4-6-5-3-1;/h1-7H;1-5H;. The Balaban J connectivity index is 0.000000136. The zero-order valence-corrected chi connectivity index (χ0v) is 11.6. The van der Waals surface area contributed by atoms with Crippen LogP contribution in [0.5, 0.6) is 0 Å². The van der Waals surface area contributed by atoms with Gasteiger partial charge in [0.1, 0.15) is 0 Å². The normalized spacial score (nSPS) is 9.53. The van der Waals surface area contributed by atoms with Gasteiger partial charge in [0.25, 0.3) is 0 Å². The van der Waals surface area contributed by atoms with Crippen molar-refractivity contribution >= 4 is 15.0 Å². The molecule has 0 bridgehead atoms. The molecule has 86 valence electrons. The summed E-state index contributed by atoms with van der Waals surface area (Å²) in [5.41, 5.74) is 1.06. The summed E-state index contributed by atoms with van der Waals surface area (Å²) in [6.45, 7) is 0. The largest absolute Gasteiger partial charge is 0.256 e. The molecular formula is C15H12IrN. The molecule has 3 rings (SSSR count). The van der Waals surface area contributed by atoms with Crippen LogP contribution in [0.4, 0.5) is 0 Å². The zero-order chi connectivity index (χ0) is 11.9. The Morgan fingerprint density at radius 2 is 1.35 bits per heavy atom. The first-order chi connectivity index (χ1) is 8.36. The van der Waals surface area contributed by atoms with E-state index in [-0.39, 0.29) is 0 Å². The van der Waals surface area contributed by atoms with E-state index in [1.807, 2.05) is 48.7 Å². The number of hydrogen-bond donors (Lipinski definition) is 0. The molecule has 2 heteroatoms. The van der Waals surface area contributed by atoms with Crippen molar-refractivity contribution in [3.8, 4) is 0 Å². The Morgan fingerprint density at radius 1 is 0.706 bits per heavy atom. The van der Waals surface area contributed by atoms with Crippen LogP contribution in [-0.2, 0) is 18.9 Å². The summed E-state index contributed by atoms with van der Waals surface area (Å²) >= 11 is 2.08. The van der Waals surface area contributed by atoms with Gasteiger partial charge < -0.3 is 0 Å². The van der Waals surface area contributed by atoms with E-state index in [0.29, 0.717) is 0 Å². The van der Waals surface area contributed by atoms with E-state index in [4.69, 9.17) is 0 Å². The van der Waals surface area contributed by atoms with E-state index >= 15 is 0 Å². The van der Waals surface area contributed by atoms with Crippen molar-refractivity contribution in [2.75, 3.05) is 0 Å². The van der Waals surface area contributed by atoms with Crippen molar-refractivity contribution in [1.82, 2.24) is 4.98 Å². The molecule has 0 aliphatic rings. The minimum absolute atomic E-state index is 1.06. The third-order valence-corrected chi connectivity index (χ3v) is 3.03. The molecule has 0 N–H and O–H groups in total. The van der Waals surface area contributed by atoms with Crippen LogP contribution in [0.2, 0.25) is 0 Å². The van der Waals surface area contributed by atoms with Crippen LogP contribution < -0.4 is 4.08 Å². The topological polar surface area (TPSA) is 12.9 Å². The van der Waals surface area contributed by atoms with Gasteiger partial charge in [-0.15, -0.1) is 0 Å². The van der Waals surface area contributed by atoms with Gasteiger partial charge in [-0.05, 0) is 12.1 Å². The summed E-state index contributed by atoms with van der Waals surface area (Å²) in [6, 6.07) is 22.3. The summed E-state index contributed by atoms with van der Waals surface area (Å²) < 4.78 is 1.32. The molecule has 1 nitrogen and oxygen atoms in total. The fourth-order valence-electron chi connectivity index (χ4n) is 1.42. The summed E-state index contributed by atoms with van der Waals surface area (Å²) in [7, 11) is 0. The SMILES string of the molecule is [Ir][c]1ccccc1.c1ccc2ncccc2c1. The number of fused-ring (bicyclic) bond motifs is 1. The van der Waals surface area contributed by atoms with E-state index in [1.54, 1.807) is 0 Å². The Labute approximate surface area is 112 Å². The first-order valence-electron chi connectivity index (χ1n) is 5.34. The minimum Gasteiger partial charge on any atom is -0.256 e. The third kappa shape index (κ3) is 3.77. The van der Waals surface area contributed by atoms with Crippen molar-refractivity contribution < 1.29 is 18.9 Å². The van der Waals surface area contributed by atoms with Gasteiger partial charge in [0, 0.05) is 11.6 Å². The number of aromatic nitrogens is 1. The summed E-state index contributed by atoms with van der Waals surface area (Å²) in [4.78, 5) is 4.18. The maximum Gasteiger partial charge on any atom is 0.0701 e. The molecule has 17 heavy (non-hydrogen) atoms. The number of hydrogen-bond acceptors (Lipinski definition) is 1. The predicted octanol–water partition coefficient (Wildman–Crippen LogP) is 3.09. The number of nitrogens with zero attached hydrogens (tertiary/aromatic N) is 1. The van der Waals surface area contributed by atoms with Crippen LogP contribution in [0.3, 0.4) is 0 Å². The maximum atomic E-state index is 4.18. The second-order valence-corrected chi connectivity index (χ2v) is 4.85.